The zero-order chi connectivity index (χ0) is 18.4. The molecular formula is C19H26ClN5S. The number of aliphatic imine (C=N–C) groups is 1. The van der Waals surface area contributed by atoms with Crippen LogP contribution in [0.1, 0.15) is 30.2 Å². The van der Waals surface area contributed by atoms with Crippen LogP contribution >= 0.6 is 22.9 Å². The first-order valence-corrected chi connectivity index (χ1v) is 10.4. The minimum Gasteiger partial charge on any atom is -0.369 e. The Morgan fingerprint density at radius 2 is 2.31 bits per heavy atom. The van der Waals surface area contributed by atoms with Crippen LogP contribution in [0.2, 0.25) is 5.02 Å². The lowest BCUT2D eigenvalue weighted by Gasteiger charge is -2.20. The number of aryl methyl sites for hydroxylation is 1. The van der Waals surface area contributed by atoms with E-state index < -0.39 is 0 Å². The van der Waals surface area contributed by atoms with Gasteiger partial charge in [-0.05, 0) is 38.0 Å². The molecule has 0 bridgehead atoms. The lowest BCUT2D eigenvalue weighted by molar-refractivity contribution is 0.649. The largest absolute Gasteiger partial charge is 0.369 e. The molecule has 1 aromatic heterocycles. The van der Waals surface area contributed by atoms with Gasteiger partial charge >= 0.3 is 0 Å². The van der Waals surface area contributed by atoms with E-state index in [0.29, 0.717) is 12.6 Å². The van der Waals surface area contributed by atoms with E-state index in [0.717, 1.165) is 48.5 Å². The summed E-state index contributed by atoms with van der Waals surface area (Å²) in [5.74, 6) is 0.860. The molecule has 1 unspecified atom stereocenters. The fraction of sp³-hybridized carbons (Fsp3) is 0.474. The smallest absolute Gasteiger partial charge is 0.191 e. The van der Waals surface area contributed by atoms with Gasteiger partial charge in [-0.1, -0.05) is 24.6 Å². The average Bonchev–Trinajstić information content (AvgIpc) is 3.29. The molecule has 1 atom stereocenters. The highest BCUT2D eigenvalue weighted by Crippen LogP contribution is 2.23. The van der Waals surface area contributed by atoms with Crippen LogP contribution in [0.3, 0.4) is 0 Å². The van der Waals surface area contributed by atoms with Gasteiger partial charge < -0.3 is 15.5 Å². The average molecular weight is 392 g/mol. The second-order valence-corrected chi connectivity index (χ2v) is 7.96. The van der Waals surface area contributed by atoms with Crippen LogP contribution < -0.4 is 15.5 Å². The van der Waals surface area contributed by atoms with Crippen LogP contribution in [0.25, 0.3) is 0 Å². The first kappa shape index (κ1) is 19.0. The highest BCUT2D eigenvalue weighted by Gasteiger charge is 2.23. The van der Waals surface area contributed by atoms with E-state index >= 15 is 0 Å². The summed E-state index contributed by atoms with van der Waals surface area (Å²) in [5.41, 5.74) is 1.18. The Morgan fingerprint density at radius 3 is 3.04 bits per heavy atom. The maximum absolute atomic E-state index is 6.12. The Morgan fingerprint density at radius 1 is 1.42 bits per heavy atom. The van der Waals surface area contributed by atoms with Crippen molar-refractivity contribution in [3.8, 4) is 0 Å². The number of aromatic nitrogens is 1. The van der Waals surface area contributed by atoms with Crippen molar-refractivity contribution in [2.45, 2.75) is 39.3 Å². The lowest BCUT2D eigenvalue weighted by atomic mass is 10.3. The van der Waals surface area contributed by atoms with E-state index in [9.17, 15) is 0 Å². The number of thiazole rings is 1. The minimum absolute atomic E-state index is 0.370. The van der Waals surface area contributed by atoms with Gasteiger partial charge in [-0.3, -0.25) is 0 Å². The van der Waals surface area contributed by atoms with Gasteiger partial charge in [0.25, 0.3) is 0 Å². The SMILES string of the molecule is CCNC(=NCc1ncc(CC)s1)NC1CCN(c2cccc(Cl)c2)C1. The molecule has 26 heavy (non-hydrogen) atoms. The molecule has 1 saturated heterocycles. The molecule has 1 aromatic carbocycles. The number of nitrogens with zero attached hydrogens (tertiary/aromatic N) is 3. The van der Waals surface area contributed by atoms with Crippen molar-refractivity contribution < 1.29 is 0 Å². The standard InChI is InChI=1S/C19H26ClN5S/c1-3-17-11-22-18(26-17)12-23-19(21-4-2)24-15-8-9-25(13-15)16-7-5-6-14(20)10-16/h5-7,10-11,15H,3-4,8-9,12-13H2,1-2H3,(H2,21,23,24). The van der Waals surface area contributed by atoms with Crippen LogP contribution in [0, 0.1) is 0 Å². The van der Waals surface area contributed by atoms with Gasteiger partial charge in [0.2, 0.25) is 0 Å². The highest BCUT2D eigenvalue weighted by atomic mass is 35.5. The Hall–Kier alpha value is -1.79. The van der Waals surface area contributed by atoms with Gasteiger partial charge in [-0.25, -0.2) is 9.98 Å². The molecule has 1 aliphatic rings. The van der Waals surface area contributed by atoms with Crippen molar-refractivity contribution >= 4 is 34.6 Å². The molecule has 0 saturated carbocycles. The van der Waals surface area contributed by atoms with Gasteiger partial charge in [0.1, 0.15) is 5.01 Å². The number of anilines is 1. The molecule has 0 radical (unpaired) electrons. The number of hydrogen-bond donors (Lipinski definition) is 2. The quantitative estimate of drug-likeness (QED) is 0.582. The Bertz CT molecular complexity index is 745. The molecule has 5 nitrogen and oxygen atoms in total. The summed E-state index contributed by atoms with van der Waals surface area (Å²) < 4.78 is 0. The molecule has 0 spiro atoms. The van der Waals surface area contributed by atoms with E-state index in [1.165, 1.54) is 10.6 Å². The van der Waals surface area contributed by atoms with Gasteiger partial charge in [-0.2, -0.15) is 0 Å². The molecule has 2 N–H and O–H groups in total. The minimum atomic E-state index is 0.370. The summed E-state index contributed by atoms with van der Waals surface area (Å²) in [5, 5.41) is 8.75. The number of nitrogens with one attached hydrogen (secondary N) is 2. The molecule has 0 amide bonds. The van der Waals surface area contributed by atoms with E-state index in [-0.39, 0.29) is 0 Å². The van der Waals surface area contributed by atoms with E-state index in [2.05, 4.69) is 40.4 Å². The number of hydrogen-bond acceptors (Lipinski definition) is 4. The topological polar surface area (TPSA) is 52.6 Å². The third-order valence-electron chi connectivity index (χ3n) is 4.37. The molecule has 1 aliphatic heterocycles. The van der Waals surface area contributed by atoms with Gasteiger partial charge in [0.15, 0.2) is 5.96 Å². The van der Waals surface area contributed by atoms with Crippen molar-refractivity contribution in [3.05, 3.63) is 45.4 Å². The first-order valence-electron chi connectivity index (χ1n) is 9.17. The summed E-state index contributed by atoms with van der Waals surface area (Å²) in [6.07, 6.45) is 4.06. The molecule has 2 heterocycles. The second kappa shape index (κ2) is 9.24. The molecule has 7 heteroatoms. The van der Waals surface area contributed by atoms with Crippen molar-refractivity contribution in [2.75, 3.05) is 24.5 Å². The number of halogens is 1. The van der Waals surface area contributed by atoms with Crippen LogP contribution in [-0.4, -0.2) is 36.6 Å². The predicted octanol–water partition coefficient (Wildman–Crippen LogP) is 3.69. The third kappa shape index (κ3) is 5.11. The normalized spacial score (nSPS) is 17.6. The van der Waals surface area contributed by atoms with Crippen molar-refractivity contribution in [2.24, 2.45) is 4.99 Å². The second-order valence-electron chi connectivity index (χ2n) is 6.32. The molecular weight excluding hydrogens is 366 g/mol. The molecule has 140 valence electrons. The van der Waals surface area contributed by atoms with Gasteiger partial charge in [0.05, 0.1) is 6.54 Å². The summed E-state index contributed by atoms with van der Waals surface area (Å²) in [4.78, 5) is 12.8. The number of guanidine groups is 1. The third-order valence-corrected chi connectivity index (χ3v) is 5.73. The van der Waals surface area contributed by atoms with Gasteiger partial charge in [0, 0.05) is 47.5 Å². The maximum atomic E-state index is 6.12. The Labute approximate surface area is 164 Å². The van der Waals surface area contributed by atoms with Crippen molar-refractivity contribution in [1.29, 1.82) is 0 Å². The van der Waals surface area contributed by atoms with Crippen LogP contribution in [0.5, 0.6) is 0 Å². The molecule has 3 rings (SSSR count). The lowest BCUT2D eigenvalue weighted by Crippen LogP contribution is -2.44. The highest BCUT2D eigenvalue weighted by molar-refractivity contribution is 7.11. The number of rotatable bonds is 6. The Balaban J connectivity index is 1.58. The molecule has 2 aromatic rings. The summed E-state index contributed by atoms with van der Waals surface area (Å²) in [6, 6.07) is 8.42. The molecule has 0 aliphatic carbocycles. The first-order chi connectivity index (χ1) is 12.7. The van der Waals surface area contributed by atoms with Crippen LogP contribution in [-0.2, 0) is 13.0 Å². The fourth-order valence-corrected chi connectivity index (χ4v) is 4.00. The number of benzene rings is 1. The summed E-state index contributed by atoms with van der Waals surface area (Å²) in [7, 11) is 0. The predicted molar refractivity (Wildman–Crippen MR) is 112 cm³/mol. The maximum Gasteiger partial charge on any atom is 0.191 e. The van der Waals surface area contributed by atoms with Gasteiger partial charge in [-0.15, -0.1) is 11.3 Å². The van der Waals surface area contributed by atoms with Crippen molar-refractivity contribution in [1.82, 2.24) is 15.6 Å². The van der Waals surface area contributed by atoms with E-state index in [4.69, 9.17) is 16.6 Å². The monoisotopic (exact) mass is 391 g/mol. The zero-order valence-corrected chi connectivity index (χ0v) is 16.9. The van der Waals surface area contributed by atoms with E-state index in [1.807, 2.05) is 24.4 Å². The van der Waals surface area contributed by atoms with Crippen LogP contribution in [0.4, 0.5) is 5.69 Å². The van der Waals surface area contributed by atoms with Crippen molar-refractivity contribution in [3.63, 3.8) is 0 Å². The fourth-order valence-electron chi connectivity index (χ4n) is 3.03. The zero-order valence-electron chi connectivity index (χ0n) is 15.3. The summed E-state index contributed by atoms with van der Waals surface area (Å²) in [6.45, 7) is 7.66. The Kier molecular flexibility index (Phi) is 6.74. The van der Waals surface area contributed by atoms with E-state index in [1.54, 1.807) is 11.3 Å². The van der Waals surface area contributed by atoms with Crippen LogP contribution in [0.15, 0.2) is 35.5 Å². The summed E-state index contributed by atoms with van der Waals surface area (Å²) >= 11 is 7.86. The molecule has 1 fully saturated rings.